The van der Waals surface area contributed by atoms with Gasteiger partial charge < -0.3 is 19.9 Å². The van der Waals surface area contributed by atoms with Gasteiger partial charge in [0.2, 0.25) is 5.91 Å². The number of ether oxygens (including phenoxy) is 2. The molecule has 3 fully saturated rings. The molecule has 2 saturated carbocycles. The maximum absolute atomic E-state index is 12.5. The molecule has 1 aromatic rings. The first-order valence-corrected chi connectivity index (χ1v) is 11.3. The van der Waals surface area contributed by atoms with Crippen LogP contribution in [0.4, 0.5) is 0 Å². The Hall–Kier alpha value is -1.59. The van der Waals surface area contributed by atoms with Gasteiger partial charge in [-0.15, -0.1) is 0 Å². The maximum Gasteiger partial charge on any atom is 0.222 e. The molecule has 0 radical (unpaired) electrons. The molecule has 1 amide bonds. The Bertz CT molecular complexity index is 848. The first-order valence-electron chi connectivity index (χ1n) is 11.3. The van der Waals surface area contributed by atoms with E-state index < -0.39 is 0 Å². The van der Waals surface area contributed by atoms with Crippen molar-refractivity contribution in [3.05, 3.63) is 28.3 Å². The molecule has 30 heavy (non-hydrogen) atoms. The fraction of sp³-hybridized carbons (Fsp3) is 0.720. The number of aryl methyl sites for hydroxylation is 1. The zero-order valence-corrected chi connectivity index (χ0v) is 19.3. The highest BCUT2D eigenvalue weighted by Crippen LogP contribution is 2.70. The van der Waals surface area contributed by atoms with Crippen molar-refractivity contribution in [2.24, 2.45) is 22.7 Å². The van der Waals surface area contributed by atoms with Crippen LogP contribution in [0, 0.1) is 43.4 Å². The van der Waals surface area contributed by atoms with E-state index in [1.807, 2.05) is 0 Å². The Morgan fingerprint density at radius 3 is 2.70 bits per heavy atom. The molecule has 5 heteroatoms. The molecule has 3 aliphatic rings. The van der Waals surface area contributed by atoms with Crippen LogP contribution in [0.1, 0.15) is 67.9 Å². The Balaban J connectivity index is 1.73. The van der Waals surface area contributed by atoms with Gasteiger partial charge >= 0.3 is 0 Å². The molecule has 5 nitrogen and oxygen atoms in total. The highest BCUT2D eigenvalue weighted by molar-refractivity contribution is 5.76. The summed E-state index contributed by atoms with van der Waals surface area (Å²) in [7, 11) is 1.73. The molecule has 1 spiro atoms. The number of hydrogen-bond donors (Lipinski definition) is 2. The molecule has 1 heterocycles. The van der Waals surface area contributed by atoms with Crippen LogP contribution >= 0.6 is 0 Å². The highest BCUT2D eigenvalue weighted by atomic mass is 16.5. The van der Waals surface area contributed by atoms with Gasteiger partial charge in [0.05, 0.1) is 19.8 Å². The van der Waals surface area contributed by atoms with Crippen molar-refractivity contribution in [1.82, 2.24) is 5.32 Å². The lowest BCUT2D eigenvalue weighted by atomic mass is 9.58. The number of aliphatic hydroxyl groups excluding tert-OH is 1. The van der Waals surface area contributed by atoms with Gasteiger partial charge in [-0.05, 0) is 91.0 Å². The van der Waals surface area contributed by atoms with Crippen LogP contribution in [-0.2, 0) is 9.53 Å². The predicted octanol–water partition coefficient (Wildman–Crippen LogP) is 4.00. The van der Waals surface area contributed by atoms with Crippen molar-refractivity contribution in [3.8, 4) is 5.75 Å². The average molecular weight is 416 g/mol. The number of carbonyl (C=O) groups is 1. The lowest BCUT2D eigenvalue weighted by molar-refractivity contribution is -0.137. The van der Waals surface area contributed by atoms with E-state index in [1.54, 1.807) is 7.11 Å². The highest BCUT2D eigenvalue weighted by Gasteiger charge is 2.68. The lowest BCUT2D eigenvalue weighted by Crippen LogP contribution is -2.59. The van der Waals surface area contributed by atoms with Crippen LogP contribution < -0.4 is 10.1 Å². The molecule has 1 aliphatic heterocycles. The number of amides is 1. The molecule has 5 atom stereocenters. The molecule has 2 aliphatic carbocycles. The standard InChI is InChI=1S/C25H37NO4/c1-14-11-19(29-6)15(2)16(3)21(14)22-18-12-17-13-25(18,8-10-30-22)23(24(17,4)5)26-20(28)7-9-27/h11,17-18,22-23,27H,7-10,12-13H2,1-6H3,(H,26,28)/t17-,18-,22+,23-,25-/m1/s1. The summed E-state index contributed by atoms with van der Waals surface area (Å²) in [6, 6.07) is 2.26. The summed E-state index contributed by atoms with van der Waals surface area (Å²) in [5, 5.41) is 12.6. The second-order valence-corrected chi connectivity index (χ2v) is 10.4. The maximum atomic E-state index is 12.5. The zero-order valence-electron chi connectivity index (χ0n) is 19.3. The third kappa shape index (κ3) is 3.00. The van der Waals surface area contributed by atoms with Gasteiger partial charge in [-0.2, -0.15) is 0 Å². The van der Waals surface area contributed by atoms with E-state index in [2.05, 4.69) is 46.0 Å². The largest absolute Gasteiger partial charge is 0.496 e. The molecule has 1 aromatic carbocycles. The fourth-order valence-electron chi connectivity index (χ4n) is 7.12. The summed E-state index contributed by atoms with van der Waals surface area (Å²) >= 11 is 0. The van der Waals surface area contributed by atoms with Gasteiger partial charge in [-0.3, -0.25) is 4.79 Å². The topological polar surface area (TPSA) is 67.8 Å². The molecule has 0 unspecified atom stereocenters. The van der Waals surface area contributed by atoms with Gasteiger partial charge in [0.1, 0.15) is 5.75 Å². The molecular formula is C25H37NO4. The van der Waals surface area contributed by atoms with E-state index in [9.17, 15) is 9.90 Å². The Morgan fingerprint density at radius 1 is 1.30 bits per heavy atom. The van der Waals surface area contributed by atoms with Crippen LogP contribution in [0.25, 0.3) is 0 Å². The van der Waals surface area contributed by atoms with Gasteiger partial charge in [0.15, 0.2) is 0 Å². The van der Waals surface area contributed by atoms with E-state index in [1.165, 1.54) is 22.3 Å². The third-order valence-corrected chi connectivity index (χ3v) is 8.76. The fourth-order valence-corrected chi connectivity index (χ4v) is 7.12. The SMILES string of the molecule is COc1cc(C)c([C@H]2OCC[C@@]34C[C@@H](C[C@H]23)C(C)(C)[C@H]4NC(=O)CCO)c(C)c1C. The van der Waals surface area contributed by atoms with Crippen LogP contribution in [-0.4, -0.2) is 37.4 Å². The second-order valence-electron chi connectivity index (χ2n) is 10.4. The van der Waals surface area contributed by atoms with Crippen LogP contribution in [0.3, 0.4) is 0 Å². The Kier molecular flexibility index (Phi) is 5.43. The Morgan fingerprint density at radius 2 is 2.03 bits per heavy atom. The summed E-state index contributed by atoms with van der Waals surface area (Å²) < 4.78 is 12.1. The predicted molar refractivity (Wildman–Crippen MR) is 117 cm³/mol. The van der Waals surface area contributed by atoms with E-state index in [0.717, 1.165) is 31.6 Å². The third-order valence-electron chi connectivity index (χ3n) is 8.76. The van der Waals surface area contributed by atoms with Crippen molar-refractivity contribution in [2.75, 3.05) is 20.3 Å². The molecule has 1 saturated heterocycles. The number of fused-ring (bicyclic) bond motifs is 1. The number of hydrogen-bond acceptors (Lipinski definition) is 4. The van der Waals surface area contributed by atoms with Crippen LogP contribution in [0.2, 0.25) is 0 Å². The van der Waals surface area contributed by atoms with E-state index in [-0.39, 0.29) is 41.9 Å². The zero-order chi connectivity index (χ0) is 21.8. The molecule has 4 rings (SSSR count). The smallest absolute Gasteiger partial charge is 0.222 e. The number of aliphatic hydroxyl groups is 1. The summed E-state index contributed by atoms with van der Waals surface area (Å²) in [4.78, 5) is 12.5. The van der Waals surface area contributed by atoms with Crippen molar-refractivity contribution >= 4 is 5.91 Å². The minimum Gasteiger partial charge on any atom is -0.496 e. The lowest BCUT2D eigenvalue weighted by Gasteiger charge is -2.53. The summed E-state index contributed by atoms with van der Waals surface area (Å²) in [6.45, 7) is 11.7. The number of nitrogens with one attached hydrogen (secondary N) is 1. The van der Waals surface area contributed by atoms with E-state index >= 15 is 0 Å². The monoisotopic (exact) mass is 415 g/mol. The van der Waals surface area contributed by atoms with E-state index in [0.29, 0.717) is 11.8 Å². The first kappa shape index (κ1) is 21.6. The van der Waals surface area contributed by atoms with Gasteiger partial charge in [-0.1, -0.05) is 13.8 Å². The summed E-state index contributed by atoms with van der Waals surface area (Å²) in [5.41, 5.74) is 5.09. The minimum atomic E-state index is -0.103. The molecule has 166 valence electrons. The number of carbonyl (C=O) groups excluding carboxylic acids is 1. The van der Waals surface area contributed by atoms with Crippen molar-refractivity contribution in [2.45, 2.75) is 72.4 Å². The molecular weight excluding hydrogens is 378 g/mol. The second kappa shape index (κ2) is 7.52. The quantitative estimate of drug-likeness (QED) is 0.763. The van der Waals surface area contributed by atoms with Crippen molar-refractivity contribution < 1.29 is 19.4 Å². The van der Waals surface area contributed by atoms with Crippen LogP contribution in [0.15, 0.2) is 6.07 Å². The van der Waals surface area contributed by atoms with Gasteiger partial charge in [0.25, 0.3) is 0 Å². The molecule has 2 N–H and O–H groups in total. The Labute approximate surface area is 180 Å². The summed E-state index contributed by atoms with van der Waals surface area (Å²) in [5.74, 6) is 1.87. The van der Waals surface area contributed by atoms with Crippen molar-refractivity contribution in [3.63, 3.8) is 0 Å². The number of rotatable bonds is 5. The van der Waals surface area contributed by atoms with Crippen molar-refractivity contribution in [1.29, 1.82) is 0 Å². The number of benzene rings is 1. The van der Waals surface area contributed by atoms with E-state index in [4.69, 9.17) is 9.47 Å². The van der Waals surface area contributed by atoms with Gasteiger partial charge in [-0.25, -0.2) is 0 Å². The first-order chi connectivity index (χ1) is 14.2. The number of methoxy groups -OCH3 is 1. The molecule has 2 bridgehead atoms. The minimum absolute atomic E-state index is 0.0352. The van der Waals surface area contributed by atoms with Crippen LogP contribution in [0.5, 0.6) is 5.75 Å². The molecule has 0 aromatic heterocycles. The average Bonchev–Trinajstić information content (AvgIpc) is 3.18. The van der Waals surface area contributed by atoms with Gasteiger partial charge in [0, 0.05) is 19.1 Å². The normalized spacial score (nSPS) is 34.0. The summed E-state index contributed by atoms with van der Waals surface area (Å²) in [6.07, 6.45) is 3.52.